The Kier molecular flexibility index (Phi) is 5.56. The van der Waals surface area contributed by atoms with Crippen molar-refractivity contribution in [3.8, 4) is 0 Å². The standard InChI is InChI=1S/C18H32N2O/c21-18(11-10-16-6-4-5-7-16)20-14-12-19(13-15-20)17-8-2-1-3-9-17/h16-17H,1-15H2. The number of carbonyl (C=O) groups excluding carboxylic acids is 1. The first-order valence-electron chi connectivity index (χ1n) is 9.35. The van der Waals surface area contributed by atoms with E-state index in [1.165, 1.54) is 57.8 Å². The molecule has 21 heavy (non-hydrogen) atoms. The molecule has 0 aromatic rings. The predicted octanol–water partition coefficient (Wildman–Crippen LogP) is 3.43. The summed E-state index contributed by atoms with van der Waals surface area (Å²) in [4.78, 5) is 17.1. The maximum atomic E-state index is 12.3. The Morgan fingerprint density at radius 1 is 0.810 bits per heavy atom. The Labute approximate surface area is 130 Å². The first kappa shape index (κ1) is 15.3. The first-order valence-corrected chi connectivity index (χ1v) is 9.35. The van der Waals surface area contributed by atoms with Gasteiger partial charge in [-0.15, -0.1) is 0 Å². The van der Waals surface area contributed by atoms with Gasteiger partial charge in [-0.1, -0.05) is 44.9 Å². The van der Waals surface area contributed by atoms with E-state index in [0.29, 0.717) is 5.91 Å². The van der Waals surface area contributed by atoms with Gasteiger partial charge in [-0.3, -0.25) is 9.69 Å². The molecular formula is C18H32N2O. The van der Waals surface area contributed by atoms with Gasteiger partial charge in [0.2, 0.25) is 5.91 Å². The third kappa shape index (κ3) is 4.21. The minimum atomic E-state index is 0.421. The number of amides is 1. The van der Waals surface area contributed by atoms with Gasteiger partial charge >= 0.3 is 0 Å². The Bertz CT molecular complexity index is 324. The van der Waals surface area contributed by atoms with Crippen LogP contribution >= 0.6 is 0 Å². The van der Waals surface area contributed by atoms with Gasteiger partial charge in [-0.2, -0.15) is 0 Å². The fourth-order valence-electron chi connectivity index (χ4n) is 4.57. The zero-order valence-corrected chi connectivity index (χ0v) is 13.6. The molecule has 0 radical (unpaired) electrons. The Balaban J connectivity index is 1.37. The van der Waals surface area contributed by atoms with E-state index < -0.39 is 0 Å². The maximum absolute atomic E-state index is 12.3. The van der Waals surface area contributed by atoms with Crippen LogP contribution in [-0.2, 0) is 4.79 Å². The van der Waals surface area contributed by atoms with Gasteiger partial charge in [0.1, 0.15) is 0 Å². The third-order valence-electron chi connectivity index (χ3n) is 6.00. The second-order valence-corrected chi connectivity index (χ2v) is 7.40. The zero-order chi connectivity index (χ0) is 14.5. The van der Waals surface area contributed by atoms with Gasteiger partial charge in [-0.05, 0) is 25.2 Å². The number of hydrogen-bond acceptors (Lipinski definition) is 2. The molecule has 1 saturated heterocycles. The molecule has 2 saturated carbocycles. The number of rotatable bonds is 4. The van der Waals surface area contributed by atoms with E-state index in [-0.39, 0.29) is 0 Å². The quantitative estimate of drug-likeness (QED) is 0.792. The lowest BCUT2D eigenvalue weighted by Crippen LogP contribution is -2.52. The average molecular weight is 292 g/mol. The predicted molar refractivity (Wildman–Crippen MR) is 86.2 cm³/mol. The minimum absolute atomic E-state index is 0.421. The van der Waals surface area contributed by atoms with Gasteiger partial charge in [0.25, 0.3) is 0 Å². The summed E-state index contributed by atoms with van der Waals surface area (Å²) < 4.78 is 0. The largest absolute Gasteiger partial charge is 0.340 e. The molecule has 1 amide bonds. The van der Waals surface area contributed by atoms with Crippen molar-refractivity contribution >= 4 is 5.91 Å². The topological polar surface area (TPSA) is 23.6 Å². The molecule has 3 rings (SSSR count). The van der Waals surface area contributed by atoms with Crippen LogP contribution in [0.3, 0.4) is 0 Å². The molecule has 1 heterocycles. The van der Waals surface area contributed by atoms with Crippen LogP contribution < -0.4 is 0 Å². The smallest absolute Gasteiger partial charge is 0.222 e. The second-order valence-electron chi connectivity index (χ2n) is 7.40. The van der Waals surface area contributed by atoms with Crippen LogP contribution in [0, 0.1) is 5.92 Å². The van der Waals surface area contributed by atoms with Crippen LogP contribution in [0.5, 0.6) is 0 Å². The molecule has 1 aliphatic heterocycles. The fraction of sp³-hybridized carbons (Fsp3) is 0.944. The Hall–Kier alpha value is -0.570. The number of carbonyl (C=O) groups is 1. The summed E-state index contributed by atoms with van der Waals surface area (Å²) in [7, 11) is 0. The molecule has 0 spiro atoms. The molecule has 0 unspecified atom stereocenters. The first-order chi connectivity index (χ1) is 10.3. The van der Waals surface area contributed by atoms with Crippen molar-refractivity contribution in [3.63, 3.8) is 0 Å². The van der Waals surface area contributed by atoms with E-state index >= 15 is 0 Å². The molecule has 3 heteroatoms. The van der Waals surface area contributed by atoms with Crippen LogP contribution in [0.4, 0.5) is 0 Å². The molecule has 120 valence electrons. The van der Waals surface area contributed by atoms with Crippen LogP contribution in [-0.4, -0.2) is 47.9 Å². The third-order valence-corrected chi connectivity index (χ3v) is 6.00. The van der Waals surface area contributed by atoms with Crippen molar-refractivity contribution in [2.75, 3.05) is 26.2 Å². The van der Waals surface area contributed by atoms with Crippen molar-refractivity contribution in [1.82, 2.24) is 9.80 Å². The van der Waals surface area contributed by atoms with Crippen LogP contribution in [0.1, 0.15) is 70.6 Å². The molecule has 2 aliphatic carbocycles. The van der Waals surface area contributed by atoms with E-state index in [1.54, 1.807) is 0 Å². The molecule has 0 aromatic carbocycles. The molecule has 3 nitrogen and oxygen atoms in total. The molecule has 0 bridgehead atoms. The summed E-state index contributed by atoms with van der Waals surface area (Å²) in [5, 5.41) is 0. The highest BCUT2D eigenvalue weighted by Crippen LogP contribution is 2.29. The highest BCUT2D eigenvalue weighted by atomic mass is 16.2. The van der Waals surface area contributed by atoms with Gasteiger partial charge in [-0.25, -0.2) is 0 Å². The number of piperazine rings is 1. The molecular weight excluding hydrogens is 260 g/mol. The Morgan fingerprint density at radius 2 is 1.43 bits per heavy atom. The normalized spacial score (nSPS) is 26.4. The molecule has 0 aromatic heterocycles. The molecule has 3 fully saturated rings. The summed E-state index contributed by atoms with van der Waals surface area (Å²) in [5.74, 6) is 1.27. The lowest BCUT2D eigenvalue weighted by molar-refractivity contribution is -0.133. The highest BCUT2D eigenvalue weighted by molar-refractivity contribution is 5.76. The molecule has 3 aliphatic rings. The van der Waals surface area contributed by atoms with E-state index in [4.69, 9.17) is 0 Å². The minimum Gasteiger partial charge on any atom is -0.340 e. The molecule has 0 atom stereocenters. The summed E-state index contributed by atoms with van der Waals surface area (Å²) >= 11 is 0. The average Bonchev–Trinajstić information content (AvgIpc) is 3.07. The van der Waals surface area contributed by atoms with Crippen LogP contribution in [0.25, 0.3) is 0 Å². The summed E-state index contributed by atoms with van der Waals surface area (Å²) in [6.45, 7) is 4.17. The van der Waals surface area contributed by atoms with Gasteiger partial charge < -0.3 is 4.90 Å². The van der Waals surface area contributed by atoms with E-state index in [2.05, 4.69) is 9.80 Å². The second kappa shape index (κ2) is 7.62. The summed E-state index contributed by atoms with van der Waals surface area (Å²) in [6.07, 6.45) is 14.5. The van der Waals surface area contributed by atoms with Crippen molar-refractivity contribution in [2.45, 2.75) is 76.7 Å². The summed E-state index contributed by atoms with van der Waals surface area (Å²) in [6, 6.07) is 0.814. The lowest BCUT2D eigenvalue weighted by Gasteiger charge is -2.40. The number of hydrogen-bond donors (Lipinski definition) is 0. The summed E-state index contributed by atoms with van der Waals surface area (Å²) in [5.41, 5.74) is 0. The lowest BCUT2D eigenvalue weighted by atomic mass is 9.94. The SMILES string of the molecule is O=C(CCC1CCCC1)N1CCN(C2CCCCC2)CC1. The van der Waals surface area contributed by atoms with E-state index in [0.717, 1.165) is 51.0 Å². The van der Waals surface area contributed by atoms with Gasteiger partial charge in [0, 0.05) is 38.6 Å². The Morgan fingerprint density at radius 3 is 2.10 bits per heavy atom. The number of nitrogens with zero attached hydrogens (tertiary/aromatic N) is 2. The highest BCUT2D eigenvalue weighted by Gasteiger charge is 2.27. The van der Waals surface area contributed by atoms with Crippen molar-refractivity contribution in [1.29, 1.82) is 0 Å². The van der Waals surface area contributed by atoms with Crippen molar-refractivity contribution in [3.05, 3.63) is 0 Å². The van der Waals surface area contributed by atoms with Crippen LogP contribution in [0.15, 0.2) is 0 Å². The van der Waals surface area contributed by atoms with Crippen LogP contribution in [0.2, 0.25) is 0 Å². The monoisotopic (exact) mass is 292 g/mol. The zero-order valence-electron chi connectivity index (χ0n) is 13.6. The van der Waals surface area contributed by atoms with Gasteiger partial charge in [0.05, 0.1) is 0 Å². The van der Waals surface area contributed by atoms with Gasteiger partial charge in [0.15, 0.2) is 0 Å². The maximum Gasteiger partial charge on any atom is 0.222 e. The van der Waals surface area contributed by atoms with E-state index in [1.807, 2.05) is 0 Å². The van der Waals surface area contributed by atoms with Crippen molar-refractivity contribution < 1.29 is 4.79 Å². The van der Waals surface area contributed by atoms with E-state index in [9.17, 15) is 4.79 Å². The molecule has 0 N–H and O–H groups in total. The fourth-order valence-corrected chi connectivity index (χ4v) is 4.57. The van der Waals surface area contributed by atoms with Crippen molar-refractivity contribution in [2.24, 2.45) is 5.92 Å².